The number of rotatable bonds is 5. The van der Waals surface area contributed by atoms with Gasteiger partial charge in [-0.2, -0.15) is 0 Å². The Morgan fingerprint density at radius 3 is 2.56 bits per heavy atom. The number of nitrogens with zero attached hydrogens (tertiary/aromatic N) is 1. The van der Waals surface area contributed by atoms with Crippen molar-refractivity contribution in [2.45, 2.75) is 6.54 Å². The van der Waals surface area contributed by atoms with Crippen molar-refractivity contribution < 1.29 is 19.4 Å². The minimum atomic E-state index is -0.177. The van der Waals surface area contributed by atoms with Gasteiger partial charge in [-0.1, -0.05) is 47.7 Å². The molecule has 1 aliphatic heterocycles. The predicted molar refractivity (Wildman–Crippen MR) is 111 cm³/mol. The molecule has 2 aromatic rings. The van der Waals surface area contributed by atoms with Crippen LogP contribution in [0.4, 0.5) is 0 Å². The molecule has 0 aromatic heterocycles. The summed E-state index contributed by atoms with van der Waals surface area (Å²) in [6.45, 7) is 0.381. The number of amides is 1. The molecule has 27 heavy (non-hydrogen) atoms. The Balaban J connectivity index is 1.83. The van der Waals surface area contributed by atoms with Crippen molar-refractivity contribution in [2.75, 3.05) is 14.2 Å². The van der Waals surface area contributed by atoms with E-state index in [1.54, 1.807) is 30.2 Å². The smallest absolute Gasteiger partial charge is 0.266 e. The van der Waals surface area contributed by atoms with Crippen LogP contribution in [0.25, 0.3) is 6.08 Å². The summed E-state index contributed by atoms with van der Waals surface area (Å²) in [4.78, 5) is 14.8. The summed E-state index contributed by atoms with van der Waals surface area (Å²) in [6, 6.07) is 10.6. The molecule has 0 spiro atoms. The molecule has 0 bridgehead atoms. The van der Waals surface area contributed by atoms with Gasteiger partial charge >= 0.3 is 0 Å². The topological polar surface area (TPSA) is 59.0 Å². The highest BCUT2D eigenvalue weighted by Gasteiger charge is 2.32. The summed E-state index contributed by atoms with van der Waals surface area (Å²) >= 11 is 12.6. The average Bonchev–Trinajstić information content (AvgIpc) is 2.92. The van der Waals surface area contributed by atoms with Crippen LogP contribution in [0.1, 0.15) is 11.1 Å². The van der Waals surface area contributed by atoms with E-state index in [1.165, 1.54) is 18.9 Å². The summed E-state index contributed by atoms with van der Waals surface area (Å²) in [7, 11) is 3.04. The summed E-state index contributed by atoms with van der Waals surface area (Å²) < 4.78 is 10.7. The van der Waals surface area contributed by atoms with E-state index in [2.05, 4.69) is 0 Å². The minimum absolute atomic E-state index is 0.136. The van der Waals surface area contributed by atoms with Crippen molar-refractivity contribution >= 4 is 51.9 Å². The Morgan fingerprint density at radius 1 is 1.22 bits per heavy atom. The van der Waals surface area contributed by atoms with Gasteiger partial charge in [0.25, 0.3) is 5.91 Å². The van der Waals surface area contributed by atoms with Crippen LogP contribution in [-0.4, -0.2) is 34.5 Å². The van der Waals surface area contributed by atoms with Crippen molar-refractivity contribution in [2.24, 2.45) is 0 Å². The van der Waals surface area contributed by atoms with Crippen LogP contribution in [0.3, 0.4) is 0 Å². The van der Waals surface area contributed by atoms with E-state index in [1.807, 2.05) is 24.3 Å². The molecule has 5 nitrogen and oxygen atoms in total. The van der Waals surface area contributed by atoms with Crippen LogP contribution >= 0.6 is 35.6 Å². The second-order valence-electron chi connectivity index (χ2n) is 5.67. The second-order valence-corrected chi connectivity index (χ2v) is 7.75. The first kappa shape index (κ1) is 19.5. The molecule has 0 radical (unpaired) electrons. The highest BCUT2D eigenvalue weighted by atomic mass is 35.5. The van der Waals surface area contributed by atoms with Crippen LogP contribution in [0.2, 0.25) is 5.02 Å². The lowest BCUT2D eigenvalue weighted by atomic mass is 10.1. The Morgan fingerprint density at radius 2 is 1.93 bits per heavy atom. The quantitative estimate of drug-likeness (QED) is 0.568. The number of carbonyl (C=O) groups is 1. The first-order valence-electron chi connectivity index (χ1n) is 7.87. The monoisotopic (exact) mass is 421 g/mol. The number of phenols is 1. The number of hydrogen-bond acceptors (Lipinski definition) is 6. The predicted octanol–water partition coefficient (Wildman–Crippen LogP) is 4.46. The number of ether oxygens (including phenoxy) is 2. The minimum Gasteiger partial charge on any atom is -0.503 e. The molecule has 0 aliphatic carbocycles. The van der Waals surface area contributed by atoms with Crippen molar-refractivity contribution in [3.63, 3.8) is 0 Å². The Bertz CT molecular complexity index is 928. The highest BCUT2D eigenvalue weighted by Crippen LogP contribution is 2.38. The van der Waals surface area contributed by atoms with Crippen LogP contribution in [0.5, 0.6) is 17.2 Å². The standard InChI is InChI=1S/C19H16ClNO4S2/c1-24-13-5-3-11(4-6-13)10-21-18(23)16(27-19(21)26)9-12-7-14(20)17(22)15(8-12)25-2/h3-9,22H,10H2,1-2H3. The molecule has 0 unspecified atom stereocenters. The second kappa shape index (κ2) is 8.21. The average molecular weight is 422 g/mol. The zero-order valence-corrected chi connectivity index (χ0v) is 17.0. The maximum absolute atomic E-state index is 12.8. The number of hydrogen-bond donors (Lipinski definition) is 1. The lowest BCUT2D eigenvalue weighted by Crippen LogP contribution is -2.27. The normalized spacial score (nSPS) is 15.5. The van der Waals surface area contributed by atoms with Gasteiger partial charge in [0.05, 0.1) is 30.7 Å². The third-order valence-electron chi connectivity index (χ3n) is 3.94. The number of methoxy groups -OCH3 is 2. The van der Waals surface area contributed by atoms with Gasteiger partial charge in [0, 0.05) is 0 Å². The summed E-state index contributed by atoms with van der Waals surface area (Å²) in [5.41, 5.74) is 1.59. The number of halogens is 1. The van der Waals surface area contributed by atoms with Gasteiger partial charge in [-0.25, -0.2) is 0 Å². The molecule has 0 saturated carbocycles. The molecule has 1 N–H and O–H groups in total. The van der Waals surface area contributed by atoms with E-state index in [0.29, 0.717) is 21.3 Å². The number of phenolic OH excluding ortho intramolecular Hbond substituents is 1. The summed E-state index contributed by atoms with van der Waals surface area (Å²) in [5, 5.41) is 9.98. The molecular formula is C19H16ClNO4S2. The fourth-order valence-corrected chi connectivity index (χ4v) is 4.01. The fraction of sp³-hybridized carbons (Fsp3) is 0.158. The van der Waals surface area contributed by atoms with E-state index in [9.17, 15) is 9.90 Å². The number of aromatic hydroxyl groups is 1. The molecule has 3 rings (SSSR count). The van der Waals surface area contributed by atoms with Crippen LogP contribution in [0, 0.1) is 0 Å². The van der Waals surface area contributed by atoms with Gasteiger partial charge in [-0.15, -0.1) is 0 Å². The SMILES string of the molecule is COc1ccc(CN2C(=O)C(=Cc3cc(Cl)c(O)c(OC)c3)SC2=S)cc1. The molecular weight excluding hydrogens is 406 g/mol. The first-order chi connectivity index (χ1) is 12.9. The van der Waals surface area contributed by atoms with Gasteiger partial charge in [-0.3, -0.25) is 9.69 Å². The molecule has 1 fully saturated rings. The van der Waals surface area contributed by atoms with Crippen molar-refractivity contribution in [1.82, 2.24) is 4.90 Å². The van der Waals surface area contributed by atoms with Crippen molar-refractivity contribution in [3.8, 4) is 17.2 Å². The van der Waals surface area contributed by atoms with E-state index in [-0.39, 0.29) is 22.4 Å². The maximum atomic E-state index is 12.8. The maximum Gasteiger partial charge on any atom is 0.266 e. The highest BCUT2D eigenvalue weighted by molar-refractivity contribution is 8.26. The van der Waals surface area contributed by atoms with Gasteiger partial charge in [0.15, 0.2) is 11.5 Å². The first-order valence-corrected chi connectivity index (χ1v) is 9.48. The molecule has 2 aromatic carbocycles. The Labute approximate surface area is 171 Å². The van der Waals surface area contributed by atoms with Gasteiger partial charge in [0.2, 0.25) is 0 Å². The molecule has 8 heteroatoms. The Kier molecular flexibility index (Phi) is 5.94. The van der Waals surface area contributed by atoms with E-state index in [0.717, 1.165) is 11.3 Å². The molecule has 1 amide bonds. The van der Waals surface area contributed by atoms with Crippen molar-refractivity contribution in [1.29, 1.82) is 0 Å². The van der Waals surface area contributed by atoms with Gasteiger partial charge in [-0.05, 0) is 41.5 Å². The molecule has 140 valence electrons. The van der Waals surface area contributed by atoms with Crippen LogP contribution < -0.4 is 9.47 Å². The van der Waals surface area contributed by atoms with E-state index < -0.39 is 0 Å². The number of thiocarbonyl (C=S) groups is 1. The number of benzene rings is 2. The molecule has 1 aliphatic rings. The van der Waals surface area contributed by atoms with Crippen LogP contribution in [-0.2, 0) is 11.3 Å². The van der Waals surface area contributed by atoms with E-state index >= 15 is 0 Å². The largest absolute Gasteiger partial charge is 0.503 e. The summed E-state index contributed by atoms with van der Waals surface area (Å²) in [6.07, 6.45) is 1.68. The van der Waals surface area contributed by atoms with Crippen LogP contribution in [0.15, 0.2) is 41.3 Å². The Hall–Kier alpha value is -2.22. The fourth-order valence-electron chi connectivity index (χ4n) is 2.53. The molecule has 0 atom stereocenters. The number of carbonyl (C=O) groups excluding carboxylic acids is 1. The third kappa shape index (κ3) is 4.21. The molecule has 1 saturated heterocycles. The lowest BCUT2D eigenvalue weighted by molar-refractivity contribution is -0.122. The lowest BCUT2D eigenvalue weighted by Gasteiger charge is -2.14. The van der Waals surface area contributed by atoms with Gasteiger partial charge in [0.1, 0.15) is 10.1 Å². The van der Waals surface area contributed by atoms with Crippen molar-refractivity contribution in [3.05, 3.63) is 57.5 Å². The molecule has 1 heterocycles. The zero-order chi connectivity index (χ0) is 19.6. The number of thioether (sulfide) groups is 1. The zero-order valence-electron chi connectivity index (χ0n) is 14.6. The van der Waals surface area contributed by atoms with Gasteiger partial charge < -0.3 is 14.6 Å². The summed E-state index contributed by atoms with van der Waals surface area (Å²) in [5.74, 6) is 0.678. The van der Waals surface area contributed by atoms with E-state index in [4.69, 9.17) is 33.3 Å². The third-order valence-corrected chi connectivity index (χ3v) is 5.61.